The van der Waals surface area contributed by atoms with Crippen molar-refractivity contribution in [1.82, 2.24) is 44.5 Å². The Morgan fingerprint density at radius 2 is 2.00 bits per heavy atom. The van der Waals surface area contributed by atoms with Crippen molar-refractivity contribution in [3.05, 3.63) is 61.2 Å². The largest absolute Gasteiger partial charge is 0.341 e. The molecule has 1 aliphatic heterocycles. The van der Waals surface area contributed by atoms with Gasteiger partial charge in [-0.15, -0.1) is 10.2 Å². The van der Waals surface area contributed by atoms with Crippen LogP contribution in [-0.2, 0) is 0 Å². The third kappa shape index (κ3) is 2.71. The molecule has 1 aliphatic carbocycles. The van der Waals surface area contributed by atoms with Crippen LogP contribution in [0.25, 0.3) is 33.9 Å². The first-order valence-electron chi connectivity index (χ1n) is 11.6. The fourth-order valence-corrected chi connectivity index (χ4v) is 5.09. The van der Waals surface area contributed by atoms with Gasteiger partial charge in [0.1, 0.15) is 18.3 Å². The predicted octanol–water partition coefficient (Wildman–Crippen LogP) is 3.68. The Morgan fingerprint density at radius 3 is 2.85 bits per heavy atom. The first-order chi connectivity index (χ1) is 16.8. The van der Waals surface area contributed by atoms with Crippen LogP contribution >= 0.6 is 0 Å². The third-order valence-electron chi connectivity index (χ3n) is 6.93. The molecule has 4 aromatic heterocycles. The summed E-state index contributed by atoms with van der Waals surface area (Å²) in [7, 11) is 0. The Hall–Kier alpha value is -4.21. The second-order valence-corrected chi connectivity index (χ2v) is 8.73. The van der Waals surface area contributed by atoms with E-state index < -0.39 is 0 Å². The fourth-order valence-electron chi connectivity index (χ4n) is 5.09. The van der Waals surface area contributed by atoms with Crippen molar-refractivity contribution in [2.75, 3.05) is 4.90 Å². The summed E-state index contributed by atoms with van der Waals surface area (Å²) in [6.07, 6.45) is 11.4. The maximum Gasteiger partial charge on any atom is 0.254 e. The first kappa shape index (κ1) is 19.3. The van der Waals surface area contributed by atoms with E-state index in [0.717, 1.165) is 53.1 Å². The topological polar surface area (TPSA) is 103 Å². The zero-order valence-corrected chi connectivity index (χ0v) is 18.7. The average Bonchev–Trinajstić information content (AvgIpc) is 3.53. The molecule has 0 spiro atoms. The summed E-state index contributed by atoms with van der Waals surface area (Å²) >= 11 is 0. The lowest BCUT2D eigenvalue weighted by molar-refractivity contribution is 0.341. The van der Waals surface area contributed by atoms with E-state index >= 15 is 0 Å². The first-order valence-corrected chi connectivity index (χ1v) is 11.6. The van der Waals surface area contributed by atoms with E-state index in [1.165, 1.54) is 6.42 Å². The molecule has 1 atom stereocenters. The highest BCUT2D eigenvalue weighted by Gasteiger charge is 2.39. The zero-order chi connectivity index (χ0) is 22.6. The molecule has 1 aromatic carbocycles. The zero-order valence-electron chi connectivity index (χ0n) is 18.7. The number of pyridine rings is 1. The molecule has 2 aliphatic rings. The molecule has 10 nitrogen and oxygen atoms in total. The van der Waals surface area contributed by atoms with Crippen molar-refractivity contribution < 1.29 is 0 Å². The summed E-state index contributed by atoms with van der Waals surface area (Å²) < 4.78 is 3.73. The van der Waals surface area contributed by atoms with E-state index in [2.05, 4.69) is 37.1 Å². The van der Waals surface area contributed by atoms with E-state index in [-0.39, 0.29) is 6.04 Å². The minimum absolute atomic E-state index is 0.127. The number of aromatic nitrogens is 9. The molecule has 10 heteroatoms. The number of nitrogens with zero attached hydrogens (tertiary/aromatic N) is 10. The quantitative estimate of drug-likeness (QED) is 0.409. The van der Waals surface area contributed by atoms with E-state index in [1.807, 2.05) is 41.1 Å². The Kier molecular flexibility index (Phi) is 4.20. The summed E-state index contributed by atoms with van der Waals surface area (Å²) in [5.74, 6) is 3.02. The van der Waals surface area contributed by atoms with Gasteiger partial charge in [-0.2, -0.15) is 14.8 Å². The standard InChI is InChI=1S/C24H22N10/c1-2-19-23-31-28-14-32(23)20-12-26-24(30-22(20)33(19)15-6-3-7-15)34-21(27-13-29-34)17-8-4-10-18-16(17)9-5-11-25-18/h4-5,8-15,19H,2-3,6-7H2,1H3/t19-/m1/s1. The van der Waals surface area contributed by atoms with Gasteiger partial charge in [0.2, 0.25) is 0 Å². The highest BCUT2D eigenvalue weighted by molar-refractivity contribution is 5.92. The van der Waals surface area contributed by atoms with Crippen LogP contribution in [0.5, 0.6) is 0 Å². The van der Waals surface area contributed by atoms with Crippen LogP contribution in [0.4, 0.5) is 5.82 Å². The predicted molar refractivity (Wildman–Crippen MR) is 126 cm³/mol. The van der Waals surface area contributed by atoms with Gasteiger partial charge < -0.3 is 4.90 Å². The normalized spacial score (nSPS) is 17.4. The molecule has 0 saturated heterocycles. The highest BCUT2D eigenvalue weighted by atomic mass is 15.4. The maximum atomic E-state index is 5.07. The molecule has 1 fully saturated rings. The van der Waals surface area contributed by atoms with Crippen LogP contribution in [0.15, 0.2) is 55.4 Å². The minimum atomic E-state index is 0.127. The van der Waals surface area contributed by atoms with E-state index in [4.69, 9.17) is 9.97 Å². The average molecular weight is 451 g/mol. The summed E-state index contributed by atoms with van der Waals surface area (Å²) in [6.45, 7) is 2.19. The van der Waals surface area contributed by atoms with E-state index in [0.29, 0.717) is 17.8 Å². The number of hydrogen-bond acceptors (Lipinski definition) is 8. The van der Waals surface area contributed by atoms with E-state index in [9.17, 15) is 0 Å². The van der Waals surface area contributed by atoms with Gasteiger partial charge in [0.05, 0.1) is 17.8 Å². The molecule has 0 N–H and O–H groups in total. The second kappa shape index (κ2) is 7.41. The van der Waals surface area contributed by atoms with Crippen molar-refractivity contribution >= 4 is 16.7 Å². The molecule has 34 heavy (non-hydrogen) atoms. The van der Waals surface area contributed by atoms with Crippen molar-refractivity contribution in [3.63, 3.8) is 0 Å². The maximum absolute atomic E-state index is 5.07. The SMILES string of the molecule is CC[C@@H]1c2nncn2-c2cnc(-n3ncnc3-c3cccc4ncccc34)nc2N1C1CCC1. The second-order valence-electron chi connectivity index (χ2n) is 8.73. The van der Waals surface area contributed by atoms with Crippen molar-refractivity contribution in [1.29, 1.82) is 0 Å². The van der Waals surface area contributed by atoms with Crippen LogP contribution < -0.4 is 4.90 Å². The van der Waals surface area contributed by atoms with E-state index in [1.54, 1.807) is 23.5 Å². The van der Waals surface area contributed by atoms with Gasteiger partial charge in [-0.25, -0.2) is 9.97 Å². The molecule has 168 valence electrons. The third-order valence-corrected chi connectivity index (χ3v) is 6.93. The van der Waals surface area contributed by atoms with Gasteiger partial charge in [-0.05, 0) is 37.8 Å². The molecule has 5 heterocycles. The number of hydrogen-bond donors (Lipinski definition) is 0. The summed E-state index contributed by atoms with van der Waals surface area (Å²) in [4.78, 5) is 21.2. The van der Waals surface area contributed by atoms with Crippen molar-refractivity contribution in [2.45, 2.75) is 44.7 Å². The molecule has 0 unspecified atom stereocenters. The molecule has 0 bridgehead atoms. The molecular weight excluding hydrogens is 428 g/mol. The van der Waals surface area contributed by atoms with Crippen LogP contribution in [-0.4, -0.2) is 50.5 Å². The van der Waals surface area contributed by atoms with Crippen LogP contribution in [0.2, 0.25) is 0 Å². The smallest absolute Gasteiger partial charge is 0.254 e. The lowest BCUT2D eigenvalue weighted by Gasteiger charge is -2.45. The van der Waals surface area contributed by atoms with Crippen LogP contribution in [0.1, 0.15) is 44.5 Å². The van der Waals surface area contributed by atoms with Gasteiger partial charge in [0.15, 0.2) is 17.5 Å². The van der Waals surface area contributed by atoms with Crippen molar-refractivity contribution in [2.24, 2.45) is 0 Å². The van der Waals surface area contributed by atoms with Gasteiger partial charge in [-0.1, -0.05) is 25.1 Å². The fraction of sp³-hybridized carbons (Fsp3) is 0.292. The molecule has 0 amide bonds. The van der Waals surface area contributed by atoms with Gasteiger partial charge in [0.25, 0.3) is 5.95 Å². The number of anilines is 1. The lowest BCUT2D eigenvalue weighted by atomic mass is 9.89. The molecule has 0 radical (unpaired) electrons. The minimum Gasteiger partial charge on any atom is -0.341 e. The van der Waals surface area contributed by atoms with Crippen LogP contribution in [0.3, 0.4) is 0 Å². The summed E-state index contributed by atoms with van der Waals surface area (Å²) in [5.41, 5.74) is 2.74. The molecule has 7 rings (SSSR count). The Labute approximate surface area is 195 Å². The Bertz CT molecular complexity index is 1510. The summed E-state index contributed by atoms with van der Waals surface area (Å²) in [5, 5.41) is 14.1. The lowest BCUT2D eigenvalue weighted by Crippen LogP contribution is -2.46. The van der Waals surface area contributed by atoms with Gasteiger partial charge in [0, 0.05) is 23.2 Å². The van der Waals surface area contributed by atoms with Gasteiger partial charge in [-0.3, -0.25) is 9.55 Å². The monoisotopic (exact) mass is 450 g/mol. The Morgan fingerprint density at radius 1 is 1.06 bits per heavy atom. The highest BCUT2D eigenvalue weighted by Crippen LogP contribution is 2.43. The molecule has 1 saturated carbocycles. The van der Waals surface area contributed by atoms with Crippen LogP contribution in [0, 0.1) is 0 Å². The number of fused-ring (bicyclic) bond motifs is 4. The number of rotatable bonds is 4. The molecular formula is C24H22N10. The van der Waals surface area contributed by atoms with Crippen molar-refractivity contribution in [3.8, 4) is 23.0 Å². The summed E-state index contributed by atoms with van der Waals surface area (Å²) in [6, 6.07) is 10.5. The molecule has 5 aromatic rings. The van der Waals surface area contributed by atoms with Gasteiger partial charge >= 0.3 is 0 Å². The Balaban J connectivity index is 1.40. The number of benzene rings is 1.